The number of rotatable bonds is 7. The SMILES string of the molecule is CC(C)Cc1cc(C(=O)NCC(=O)N2CC(F)(F)C[C@H]2C#N)cn1Cc1ccc(C(F)(F)F)cc1. The fourth-order valence-corrected chi connectivity index (χ4v) is 3.97. The first-order valence-corrected chi connectivity index (χ1v) is 11.0. The molecule has 0 spiro atoms. The lowest BCUT2D eigenvalue weighted by atomic mass is 10.1. The maximum Gasteiger partial charge on any atom is 0.416 e. The fraction of sp³-hybridized carbons (Fsp3) is 0.458. The van der Waals surface area contributed by atoms with Crippen LogP contribution in [0.4, 0.5) is 22.0 Å². The van der Waals surface area contributed by atoms with Crippen LogP contribution in [0.1, 0.15) is 47.4 Å². The summed E-state index contributed by atoms with van der Waals surface area (Å²) >= 11 is 0. The van der Waals surface area contributed by atoms with Crippen molar-refractivity contribution in [1.29, 1.82) is 5.26 Å². The molecule has 1 atom stereocenters. The van der Waals surface area contributed by atoms with E-state index in [0.717, 1.165) is 22.7 Å². The monoisotopic (exact) mass is 496 g/mol. The van der Waals surface area contributed by atoms with Crippen molar-refractivity contribution >= 4 is 11.8 Å². The molecule has 11 heteroatoms. The summed E-state index contributed by atoms with van der Waals surface area (Å²) in [5.41, 5.74) is 0.859. The maximum atomic E-state index is 13.6. The van der Waals surface area contributed by atoms with Crippen LogP contribution in [0, 0.1) is 17.2 Å². The second-order valence-electron chi connectivity index (χ2n) is 9.05. The average molecular weight is 496 g/mol. The Labute approximate surface area is 199 Å². The van der Waals surface area contributed by atoms with Gasteiger partial charge in [-0.15, -0.1) is 0 Å². The molecule has 0 unspecified atom stereocenters. The summed E-state index contributed by atoms with van der Waals surface area (Å²) in [7, 11) is 0. The second kappa shape index (κ2) is 10.1. The van der Waals surface area contributed by atoms with Crippen LogP contribution < -0.4 is 5.32 Å². The predicted octanol–water partition coefficient (Wildman–Crippen LogP) is 4.24. The number of amides is 2. The van der Waals surface area contributed by atoms with Gasteiger partial charge in [-0.1, -0.05) is 26.0 Å². The third-order valence-electron chi connectivity index (χ3n) is 5.64. The van der Waals surface area contributed by atoms with Gasteiger partial charge in [0.15, 0.2) is 0 Å². The van der Waals surface area contributed by atoms with E-state index in [9.17, 15) is 31.5 Å². The zero-order chi connectivity index (χ0) is 26.0. The molecule has 6 nitrogen and oxygen atoms in total. The van der Waals surface area contributed by atoms with Crippen LogP contribution in [0.2, 0.25) is 0 Å². The summed E-state index contributed by atoms with van der Waals surface area (Å²) in [6.07, 6.45) is -3.04. The lowest BCUT2D eigenvalue weighted by molar-refractivity contribution is -0.137. The van der Waals surface area contributed by atoms with Crippen molar-refractivity contribution in [2.75, 3.05) is 13.1 Å². The van der Waals surface area contributed by atoms with E-state index in [1.54, 1.807) is 16.7 Å². The summed E-state index contributed by atoms with van der Waals surface area (Å²) < 4.78 is 67.4. The molecule has 1 fully saturated rings. The summed E-state index contributed by atoms with van der Waals surface area (Å²) in [5, 5.41) is 11.4. The van der Waals surface area contributed by atoms with E-state index in [0.29, 0.717) is 12.0 Å². The van der Waals surface area contributed by atoms with Gasteiger partial charge in [0, 0.05) is 24.9 Å². The van der Waals surface area contributed by atoms with Crippen molar-refractivity contribution in [3.05, 3.63) is 58.9 Å². The van der Waals surface area contributed by atoms with Gasteiger partial charge in [-0.2, -0.15) is 18.4 Å². The second-order valence-corrected chi connectivity index (χ2v) is 9.05. The number of hydrogen-bond donors (Lipinski definition) is 1. The zero-order valence-electron chi connectivity index (χ0n) is 19.2. The molecule has 35 heavy (non-hydrogen) atoms. The first kappa shape index (κ1) is 26.2. The zero-order valence-corrected chi connectivity index (χ0v) is 19.2. The molecule has 1 aliphatic rings. The molecule has 3 rings (SSSR count). The molecular formula is C24H25F5N4O2. The third-order valence-corrected chi connectivity index (χ3v) is 5.64. The van der Waals surface area contributed by atoms with Gasteiger partial charge in [0.1, 0.15) is 6.04 Å². The first-order valence-electron chi connectivity index (χ1n) is 11.0. The van der Waals surface area contributed by atoms with E-state index in [2.05, 4.69) is 5.32 Å². The topological polar surface area (TPSA) is 78.1 Å². The number of hydrogen-bond acceptors (Lipinski definition) is 3. The minimum Gasteiger partial charge on any atom is -0.346 e. The minimum atomic E-state index is -4.43. The molecule has 2 amide bonds. The summed E-state index contributed by atoms with van der Waals surface area (Å²) in [6.45, 7) is 2.77. The lowest BCUT2D eigenvalue weighted by Crippen LogP contribution is -2.42. The molecule has 1 aromatic carbocycles. The van der Waals surface area contributed by atoms with Gasteiger partial charge in [-0.3, -0.25) is 9.59 Å². The highest BCUT2D eigenvalue weighted by molar-refractivity contribution is 5.96. The highest BCUT2D eigenvalue weighted by Gasteiger charge is 2.47. The Morgan fingerprint density at radius 3 is 2.46 bits per heavy atom. The third kappa shape index (κ3) is 6.59. The Balaban J connectivity index is 1.71. The molecule has 1 N–H and O–H groups in total. The van der Waals surface area contributed by atoms with E-state index >= 15 is 0 Å². The standard InChI is InChI=1S/C24H25F5N4O2/c1-15(2)7-19-8-17(13-32(19)12-16-3-5-18(6-4-16)24(27,28)29)22(35)31-11-21(34)33-14-23(25,26)9-20(33)10-30/h3-6,8,13,15,20H,7,9,11-12,14H2,1-2H3,(H,31,35)/t20-/m0/s1. The van der Waals surface area contributed by atoms with Crippen LogP contribution in [0.5, 0.6) is 0 Å². The molecule has 0 bridgehead atoms. The maximum absolute atomic E-state index is 13.6. The van der Waals surface area contributed by atoms with E-state index in [-0.39, 0.29) is 18.0 Å². The van der Waals surface area contributed by atoms with Crippen molar-refractivity contribution in [3.63, 3.8) is 0 Å². The molecule has 188 valence electrons. The van der Waals surface area contributed by atoms with Crippen LogP contribution in [0.3, 0.4) is 0 Å². The van der Waals surface area contributed by atoms with E-state index in [4.69, 9.17) is 5.26 Å². The summed E-state index contributed by atoms with van der Waals surface area (Å²) in [6, 6.07) is 6.80. The van der Waals surface area contributed by atoms with E-state index in [1.807, 2.05) is 13.8 Å². The number of alkyl halides is 5. The number of nitriles is 1. The smallest absolute Gasteiger partial charge is 0.346 e. The lowest BCUT2D eigenvalue weighted by Gasteiger charge is -2.19. The molecule has 2 aromatic rings. The number of aromatic nitrogens is 1. The normalized spacial score (nSPS) is 17.5. The van der Waals surface area contributed by atoms with Gasteiger partial charge < -0.3 is 14.8 Å². The predicted molar refractivity (Wildman–Crippen MR) is 117 cm³/mol. The minimum absolute atomic E-state index is 0.226. The number of benzene rings is 1. The number of nitrogens with one attached hydrogen (secondary N) is 1. The van der Waals surface area contributed by atoms with Crippen LogP contribution in [0.15, 0.2) is 36.5 Å². The van der Waals surface area contributed by atoms with Crippen LogP contribution in [-0.4, -0.2) is 46.3 Å². The molecule has 1 aromatic heterocycles. The van der Waals surface area contributed by atoms with Crippen LogP contribution in [-0.2, 0) is 23.9 Å². The van der Waals surface area contributed by atoms with Gasteiger partial charge in [0.2, 0.25) is 5.91 Å². The molecule has 1 saturated heterocycles. The average Bonchev–Trinajstić information content (AvgIpc) is 3.30. The number of nitrogens with zero attached hydrogens (tertiary/aromatic N) is 3. The van der Waals surface area contributed by atoms with Crippen molar-refractivity contribution in [1.82, 2.24) is 14.8 Å². The Morgan fingerprint density at radius 2 is 1.89 bits per heavy atom. The van der Waals surface area contributed by atoms with E-state index in [1.165, 1.54) is 18.3 Å². The van der Waals surface area contributed by atoms with Crippen molar-refractivity contribution in [2.45, 2.75) is 51.4 Å². The Morgan fingerprint density at radius 1 is 1.23 bits per heavy atom. The van der Waals surface area contributed by atoms with Gasteiger partial charge >= 0.3 is 6.18 Å². The molecular weight excluding hydrogens is 471 g/mol. The van der Waals surface area contributed by atoms with Crippen molar-refractivity contribution in [2.24, 2.45) is 5.92 Å². The Kier molecular flexibility index (Phi) is 7.53. The fourth-order valence-electron chi connectivity index (χ4n) is 3.97. The Bertz CT molecular complexity index is 1120. The largest absolute Gasteiger partial charge is 0.416 e. The highest BCUT2D eigenvalue weighted by atomic mass is 19.4. The van der Waals surface area contributed by atoms with Gasteiger partial charge in [0.05, 0.1) is 30.3 Å². The first-order chi connectivity index (χ1) is 16.3. The van der Waals surface area contributed by atoms with Gasteiger partial charge in [-0.25, -0.2) is 8.78 Å². The molecule has 0 radical (unpaired) electrons. The van der Waals surface area contributed by atoms with E-state index < -0.39 is 55.0 Å². The van der Waals surface area contributed by atoms with Crippen molar-refractivity contribution < 1.29 is 31.5 Å². The number of carbonyl (C=O) groups is 2. The Hall–Kier alpha value is -3.42. The van der Waals surface area contributed by atoms with Crippen LogP contribution >= 0.6 is 0 Å². The quantitative estimate of drug-likeness (QED) is 0.583. The number of halogens is 5. The summed E-state index contributed by atoms with van der Waals surface area (Å²) in [4.78, 5) is 25.8. The number of carbonyl (C=O) groups excluding carboxylic acids is 2. The van der Waals surface area contributed by atoms with Crippen molar-refractivity contribution in [3.8, 4) is 6.07 Å². The molecule has 1 aliphatic heterocycles. The molecule has 0 aliphatic carbocycles. The number of likely N-dealkylation sites (tertiary alicyclic amines) is 1. The molecule has 2 heterocycles. The molecule has 0 saturated carbocycles. The van der Waals surface area contributed by atoms with Gasteiger partial charge in [-0.05, 0) is 36.1 Å². The summed E-state index contributed by atoms with van der Waals surface area (Å²) in [5.74, 6) is -4.31. The van der Waals surface area contributed by atoms with Crippen LogP contribution in [0.25, 0.3) is 0 Å². The highest BCUT2D eigenvalue weighted by Crippen LogP contribution is 2.32. The van der Waals surface area contributed by atoms with Gasteiger partial charge in [0.25, 0.3) is 11.8 Å².